The number of rotatable bonds is 7. The molecule has 0 amide bonds. The summed E-state index contributed by atoms with van der Waals surface area (Å²) in [7, 11) is 0. The first-order chi connectivity index (χ1) is 9.44. The summed E-state index contributed by atoms with van der Waals surface area (Å²) in [6.45, 7) is 12.5. The predicted molar refractivity (Wildman–Crippen MR) is 76.9 cm³/mol. The topological polar surface area (TPSA) is 71.1 Å². The minimum atomic E-state index is -0.562. The van der Waals surface area contributed by atoms with Crippen LogP contribution in [0, 0.1) is 5.92 Å². The molecule has 0 fully saturated rings. The van der Waals surface area contributed by atoms with Crippen molar-refractivity contribution >= 4 is 11.9 Å². The lowest BCUT2D eigenvalue weighted by atomic mass is 10.0. The second-order valence-electron chi connectivity index (χ2n) is 6.89. The van der Waals surface area contributed by atoms with Gasteiger partial charge in [0, 0.05) is 6.42 Å². The van der Waals surface area contributed by atoms with Gasteiger partial charge in [-0.3, -0.25) is 9.78 Å². The van der Waals surface area contributed by atoms with E-state index in [1.807, 2.05) is 6.92 Å². The van der Waals surface area contributed by atoms with Crippen LogP contribution in [0.1, 0.15) is 67.7 Å². The Bertz CT molecular complexity index is 337. The molecule has 0 heterocycles. The molecule has 21 heavy (non-hydrogen) atoms. The van der Waals surface area contributed by atoms with Crippen LogP contribution in [0.2, 0.25) is 0 Å². The van der Waals surface area contributed by atoms with Gasteiger partial charge in [-0.1, -0.05) is 6.92 Å². The lowest BCUT2D eigenvalue weighted by molar-refractivity contribution is -0.324. The van der Waals surface area contributed by atoms with Crippen LogP contribution in [0.3, 0.4) is 0 Å². The Morgan fingerprint density at radius 3 is 1.81 bits per heavy atom. The average Bonchev–Trinajstić information content (AvgIpc) is 2.33. The summed E-state index contributed by atoms with van der Waals surface area (Å²) in [5.41, 5.74) is -1.12. The fraction of sp³-hybridized carbons (Fsp3) is 0.867. The van der Waals surface area contributed by atoms with E-state index in [-0.39, 0.29) is 6.42 Å². The monoisotopic (exact) mass is 304 g/mol. The molecule has 1 atom stereocenters. The van der Waals surface area contributed by atoms with Crippen molar-refractivity contribution in [2.75, 3.05) is 0 Å². The van der Waals surface area contributed by atoms with E-state index in [2.05, 4.69) is 4.89 Å². The van der Waals surface area contributed by atoms with Gasteiger partial charge < -0.3 is 0 Å². The third kappa shape index (κ3) is 11.2. The molecule has 0 aliphatic heterocycles. The summed E-state index contributed by atoms with van der Waals surface area (Å²) in [4.78, 5) is 42.7. The van der Waals surface area contributed by atoms with Crippen LogP contribution in [-0.4, -0.2) is 23.1 Å². The molecule has 6 heteroatoms. The highest BCUT2D eigenvalue weighted by molar-refractivity contribution is 5.73. The maximum absolute atomic E-state index is 11.8. The van der Waals surface area contributed by atoms with Gasteiger partial charge in [0.2, 0.25) is 0 Å². The maximum Gasteiger partial charge on any atom is 0.345 e. The van der Waals surface area contributed by atoms with Crippen molar-refractivity contribution in [1.29, 1.82) is 0 Å². The fourth-order valence-electron chi connectivity index (χ4n) is 1.23. The van der Waals surface area contributed by atoms with Crippen LogP contribution >= 0.6 is 0 Å². The molecule has 0 aromatic rings. The van der Waals surface area contributed by atoms with Crippen LogP contribution in [0.5, 0.6) is 0 Å². The minimum Gasteiger partial charge on any atom is -0.298 e. The van der Waals surface area contributed by atoms with Crippen molar-refractivity contribution in [3.63, 3.8) is 0 Å². The van der Waals surface area contributed by atoms with E-state index in [1.54, 1.807) is 41.5 Å². The Hall–Kier alpha value is -1.14. The van der Waals surface area contributed by atoms with E-state index < -0.39 is 29.1 Å². The molecule has 0 saturated carbocycles. The molecule has 1 unspecified atom stereocenters. The Labute approximate surface area is 126 Å². The van der Waals surface area contributed by atoms with Crippen molar-refractivity contribution in [2.24, 2.45) is 5.92 Å². The first-order valence-electron chi connectivity index (χ1n) is 7.22. The summed E-state index contributed by atoms with van der Waals surface area (Å²) in [6, 6.07) is 0. The Kier molecular flexibility index (Phi) is 7.89. The molecule has 0 aliphatic rings. The van der Waals surface area contributed by atoms with Crippen LogP contribution < -0.4 is 0 Å². The summed E-state index contributed by atoms with van der Waals surface area (Å²) >= 11 is 0. The van der Waals surface area contributed by atoms with Crippen molar-refractivity contribution in [3.8, 4) is 0 Å². The van der Waals surface area contributed by atoms with E-state index >= 15 is 0 Å². The maximum atomic E-state index is 11.8. The highest BCUT2D eigenvalue weighted by Gasteiger charge is 2.24. The van der Waals surface area contributed by atoms with E-state index in [0.717, 1.165) is 0 Å². The second kappa shape index (κ2) is 8.34. The molecule has 0 bridgehead atoms. The quantitative estimate of drug-likeness (QED) is 0.530. The van der Waals surface area contributed by atoms with Gasteiger partial charge in [-0.25, -0.2) is 9.59 Å². The van der Waals surface area contributed by atoms with Crippen LogP contribution in [0.25, 0.3) is 0 Å². The van der Waals surface area contributed by atoms with Crippen LogP contribution in [0.4, 0.5) is 0 Å². The number of hydrogen-bond donors (Lipinski definition) is 0. The highest BCUT2D eigenvalue weighted by Crippen LogP contribution is 2.17. The van der Waals surface area contributed by atoms with Gasteiger partial charge in [0.05, 0.1) is 5.92 Å². The number of hydrogen-bond acceptors (Lipinski definition) is 6. The third-order valence-electron chi connectivity index (χ3n) is 2.28. The molecular weight excluding hydrogens is 276 g/mol. The zero-order chi connectivity index (χ0) is 16.7. The molecule has 0 rings (SSSR count). The predicted octanol–water partition coefficient (Wildman–Crippen LogP) is 3.34. The molecular formula is C15H28O6. The minimum absolute atomic E-state index is 0.0825. The first kappa shape index (κ1) is 19.9. The fourth-order valence-corrected chi connectivity index (χ4v) is 1.23. The number of carbonyl (C=O) groups excluding carboxylic acids is 2. The van der Waals surface area contributed by atoms with Crippen molar-refractivity contribution in [3.05, 3.63) is 0 Å². The molecule has 0 aromatic carbocycles. The smallest absolute Gasteiger partial charge is 0.298 e. The Balaban J connectivity index is 4.14. The Morgan fingerprint density at radius 1 is 0.905 bits per heavy atom. The second-order valence-corrected chi connectivity index (χ2v) is 6.89. The summed E-state index contributed by atoms with van der Waals surface area (Å²) in [5, 5.41) is 0. The molecule has 6 nitrogen and oxygen atoms in total. The zero-order valence-corrected chi connectivity index (χ0v) is 14.1. The molecule has 0 aliphatic carbocycles. The van der Waals surface area contributed by atoms with Gasteiger partial charge in [0.25, 0.3) is 0 Å². The van der Waals surface area contributed by atoms with E-state index in [4.69, 9.17) is 14.7 Å². The number of carbonyl (C=O) groups is 2. The van der Waals surface area contributed by atoms with Crippen molar-refractivity contribution in [2.45, 2.75) is 78.9 Å². The van der Waals surface area contributed by atoms with Gasteiger partial charge in [-0.05, 0) is 54.4 Å². The van der Waals surface area contributed by atoms with Gasteiger partial charge in [0.15, 0.2) is 0 Å². The van der Waals surface area contributed by atoms with Crippen LogP contribution in [0.15, 0.2) is 0 Å². The van der Waals surface area contributed by atoms with Gasteiger partial charge >= 0.3 is 11.9 Å². The SMILES string of the molecule is CCC(CCC(=O)OOC(C)(C)C)C(=O)OOC(C)(C)C. The zero-order valence-electron chi connectivity index (χ0n) is 14.1. The van der Waals surface area contributed by atoms with Gasteiger partial charge in [-0.2, -0.15) is 9.78 Å². The third-order valence-corrected chi connectivity index (χ3v) is 2.28. The highest BCUT2D eigenvalue weighted by atomic mass is 17.2. The normalized spacial score (nSPS) is 13.7. The summed E-state index contributed by atoms with van der Waals surface area (Å²) in [5.74, 6) is -1.39. The summed E-state index contributed by atoms with van der Waals surface area (Å²) < 4.78 is 0. The largest absolute Gasteiger partial charge is 0.345 e. The van der Waals surface area contributed by atoms with E-state index in [0.29, 0.717) is 12.8 Å². The van der Waals surface area contributed by atoms with Gasteiger partial charge in [-0.15, -0.1) is 0 Å². The molecule has 0 aromatic heterocycles. The van der Waals surface area contributed by atoms with Crippen molar-refractivity contribution < 1.29 is 29.1 Å². The molecule has 0 radical (unpaired) electrons. The standard InChI is InChI=1S/C15H28O6/c1-8-11(13(17)19-21-15(5,6)7)9-10-12(16)18-20-14(2,3)4/h11H,8-10H2,1-7H3. The lowest BCUT2D eigenvalue weighted by Gasteiger charge is -2.19. The van der Waals surface area contributed by atoms with Gasteiger partial charge in [0.1, 0.15) is 11.2 Å². The van der Waals surface area contributed by atoms with Crippen molar-refractivity contribution in [1.82, 2.24) is 0 Å². The molecule has 0 spiro atoms. The van der Waals surface area contributed by atoms with E-state index in [9.17, 15) is 9.59 Å². The molecule has 0 saturated heterocycles. The Morgan fingerprint density at radius 2 is 1.38 bits per heavy atom. The lowest BCUT2D eigenvalue weighted by Crippen LogP contribution is -2.26. The molecule has 124 valence electrons. The molecule has 0 N–H and O–H groups in total. The first-order valence-corrected chi connectivity index (χ1v) is 7.22. The van der Waals surface area contributed by atoms with Crippen LogP contribution in [-0.2, 0) is 29.1 Å². The summed E-state index contributed by atoms with van der Waals surface area (Å²) in [6.07, 6.45) is 0.966. The average molecular weight is 304 g/mol. The van der Waals surface area contributed by atoms with E-state index in [1.165, 1.54) is 0 Å².